The first kappa shape index (κ1) is 64.1. The van der Waals surface area contributed by atoms with Gasteiger partial charge in [0.2, 0.25) is 27.2 Å². The van der Waals surface area contributed by atoms with Gasteiger partial charge in [-0.3, -0.25) is 23.5 Å². The van der Waals surface area contributed by atoms with Crippen molar-refractivity contribution in [1.82, 2.24) is 25.2 Å². The average molecular weight is 1220 g/mol. The molecule has 1 aliphatic heterocycles. The Morgan fingerprint density at radius 1 is 0.624 bits per heavy atom. The van der Waals surface area contributed by atoms with Crippen LogP contribution in [0.4, 0.5) is 11.4 Å². The minimum absolute atomic E-state index is 0.0250. The van der Waals surface area contributed by atoms with Gasteiger partial charge in [-0.1, -0.05) is 48.5 Å². The van der Waals surface area contributed by atoms with E-state index < -0.39 is 37.5 Å². The number of carbonyl (C=O) groups is 4. The molecule has 26 heteroatoms. The van der Waals surface area contributed by atoms with Crippen LogP contribution in [0.5, 0.6) is 11.5 Å². The third-order valence-electron chi connectivity index (χ3n) is 13.2. The summed E-state index contributed by atoms with van der Waals surface area (Å²) in [5.41, 5.74) is 5.82. The summed E-state index contributed by atoms with van der Waals surface area (Å²) in [5, 5.41) is 21.4. The summed E-state index contributed by atoms with van der Waals surface area (Å²) >= 11 is 0. The quantitative estimate of drug-likeness (QED) is 0.0190. The number of benzene rings is 7. The number of carboxylic acids is 1. The summed E-state index contributed by atoms with van der Waals surface area (Å²) < 4.78 is 67.0. The van der Waals surface area contributed by atoms with Crippen LogP contribution in [0.3, 0.4) is 0 Å². The fourth-order valence-corrected chi connectivity index (χ4v) is 11.0. The van der Waals surface area contributed by atoms with Gasteiger partial charge in [-0.2, -0.15) is 0 Å². The first-order valence-corrected chi connectivity index (χ1v) is 30.8. The van der Waals surface area contributed by atoms with E-state index in [0.717, 1.165) is 33.2 Å². The molecule has 0 bridgehead atoms. The van der Waals surface area contributed by atoms with Gasteiger partial charge >= 0.3 is 21.6 Å². The lowest BCUT2D eigenvalue weighted by Gasteiger charge is -2.19. The Hall–Kier alpha value is -8.44. The predicted octanol–water partition coefficient (Wildman–Crippen LogP) is 5.09. The highest BCUT2D eigenvalue weighted by Gasteiger charge is 2.25. The second-order valence-electron chi connectivity index (χ2n) is 20.0. The summed E-state index contributed by atoms with van der Waals surface area (Å²) in [7, 11) is -2.11. The summed E-state index contributed by atoms with van der Waals surface area (Å²) in [5.74, 6) is -1.62. The molecule has 6 aromatic carbocycles. The number of aryl methyl sites for hydroxylation is 2. The Balaban J connectivity index is 0.000000260. The van der Waals surface area contributed by atoms with Crippen LogP contribution in [0.2, 0.25) is 0 Å². The van der Waals surface area contributed by atoms with Crippen molar-refractivity contribution >= 4 is 82.5 Å². The minimum Gasteiger partial charge on any atom is -0.746 e. The van der Waals surface area contributed by atoms with E-state index in [1.165, 1.54) is 36.4 Å². The maximum atomic E-state index is 13.3. The first-order chi connectivity index (χ1) is 40.2. The number of rotatable bonds is 23. The topological polar surface area (TPSA) is 333 Å². The Morgan fingerprint density at radius 3 is 1.74 bits per heavy atom. The zero-order chi connectivity index (χ0) is 61.8. The normalized spacial score (nSPS) is 12.7. The van der Waals surface area contributed by atoms with Crippen molar-refractivity contribution < 1.29 is 74.9 Å². The van der Waals surface area contributed by atoms with E-state index in [1.54, 1.807) is 48.5 Å². The number of carbonyl (C=O) groups excluding carboxylic acids is 3. The summed E-state index contributed by atoms with van der Waals surface area (Å²) in [4.78, 5) is 93.4. The zero-order valence-corrected chi connectivity index (χ0v) is 49.8. The average Bonchev–Trinajstić information content (AvgIpc) is 3.55. The van der Waals surface area contributed by atoms with E-state index >= 15 is 0 Å². The SMILES string of the molecule is CN(C)c1ccc2c(-c3cc(C(=O)NCCNC(=O)CCc4ccc(OP(=O)([O-])O)cc4)ccc3C(=O)O)c3ccc(=[N+](C)C)cc-3oc2c1.CN(C)c1cccc2c(S(=O)(=O)NCCNC(=O)CCc3ccc(OP(=O)([O-])O)cc3)cccc12. The van der Waals surface area contributed by atoms with Crippen molar-refractivity contribution in [2.24, 2.45) is 0 Å². The Bertz CT molecular complexity index is 4010. The molecule has 2 aliphatic rings. The van der Waals surface area contributed by atoms with Gasteiger partial charge < -0.3 is 63.9 Å². The number of sulfonamides is 1. The van der Waals surface area contributed by atoms with Crippen LogP contribution < -0.4 is 59.2 Å². The number of phosphoric acid groups is 2. The molecule has 0 radical (unpaired) electrons. The predicted molar refractivity (Wildman–Crippen MR) is 319 cm³/mol. The second kappa shape index (κ2) is 28.0. The fourth-order valence-electron chi connectivity index (χ4n) is 9.02. The third-order valence-corrected chi connectivity index (χ3v) is 15.6. The molecule has 2 atom stereocenters. The van der Waals surface area contributed by atoms with Crippen LogP contribution in [0.1, 0.15) is 44.7 Å². The van der Waals surface area contributed by atoms with E-state index in [2.05, 4.69) is 29.7 Å². The van der Waals surface area contributed by atoms with Crippen molar-refractivity contribution in [2.75, 3.05) is 78.3 Å². The molecule has 6 aromatic rings. The highest BCUT2D eigenvalue weighted by Crippen LogP contribution is 2.43. The lowest BCUT2D eigenvalue weighted by atomic mass is 9.89. The van der Waals surface area contributed by atoms with Gasteiger partial charge in [0.15, 0.2) is 0 Å². The summed E-state index contributed by atoms with van der Waals surface area (Å²) in [6, 6.07) is 38.3. The molecule has 0 aromatic heterocycles. The van der Waals surface area contributed by atoms with Crippen LogP contribution in [0.25, 0.3) is 44.2 Å². The lowest BCUT2D eigenvalue weighted by molar-refractivity contribution is -0.212. The van der Waals surface area contributed by atoms with E-state index in [4.69, 9.17) is 14.2 Å². The molecule has 23 nitrogen and oxygen atoms in total. The van der Waals surface area contributed by atoms with Gasteiger partial charge in [-0.05, 0) is 102 Å². The van der Waals surface area contributed by atoms with Gasteiger partial charge in [-0.25, -0.2) is 22.5 Å². The molecule has 85 heavy (non-hydrogen) atoms. The lowest BCUT2D eigenvalue weighted by Crippen LogP contribution is -2.34. The number of amides is 3. The van der Waals surface area contributed by atoms with E-state index in [1.807, 2.05) is 111 Å². The van der Waals surface area contributed by atoms with Gasteiger partial charge in [0.05, 0.1) is 16.5 Å². The van der Waals surface area contributed by atoms with Gasteiger partial charge in [0.25, 0.3) is 5.91 Å². The van der Waals surface area contributed by atoms with Crippen LogP contribution >= 0.6 is 15.6 Å². The van der Waals surface area contributed by atoms with Crippen LogP contribution in [0.15, 0.2) is 149 Å². The molecule has 8 rings (SSSR count). The molecule has 0 spiro atoms. The molecule has 1 heterocycles. The van der Waals surface area contributed by atoms with Crippen LogP contribution in [-0.4, -0.2) is 115 Å². The van der Waals surface area contributed by atoms with E-state index in [9.17, 15) is 51.6 Å². The molecule has 0 saturated heterocycles. The number of fused-ring (bicyclic) bond motifs is 3. The molecule has 0 saturated carbocycles. The number of hydrogen-bond acceptors (Lipinski definition) is 15. The highest BCUT2D eigenvalue weighted by atomic mass is 32.2. The monoisotopic (exact) mass is 1220 g/mol. The number of hydrogen-bond donors (Lipinski definition) is 7. The first-order valence-electron chi connectivity index (χ1n) is 26.4. The molecular formula is C59H64N7O16P2S-. The molecule has 1 aliphatic carbocycles. The van der Waals surface area contributed by atoms with Crippen molar-refractivity contribution in [3.8, 4) is 33.9 Å². The van der Waals surface area contributed by atoms with Gasteiger partial charge in [0.1, 0.15) is 36.9 Å². The molecule has 2 unspecified atom stereocenters. The summed E-state index contributed by atoms with van der Waals surface area (Å²) in [6.07, 6.45) is 1.06. The summed E-state index contributed by atoms with van der Waals surface area (Å²) in [6.45, 7) is 0.429. The van der Waals surface area contributed by atoms with Crippen molar-refractivity contribution in [3.05, 3.63) is 167 Å². The fraction of sp³-hybridized carbons (Fsp3) is 0.237. The number of nitrogens with one attached hydrogen (secondary N) is 4. The largest absolute Gasteiger partial charge is 0.746 e. The van der Waals surface area contributed by atoms with Crippen molar-refractivity contribution in [2.45, 2.75) is 30.6 Å². The van der Waals surface area contributed by atoms with Gasteiger partial charge in [-0.15, -0.1) is 0 Å². The molecule has 7 N–H and O–H groups in total. The number of aromatic carboxylic acids is 1. The second-order valence-corrected chi connectivity index (χ2v) is 24.0. The Labute approximate surface area is 490 Å². The van der Waals surface area contributed by atoms with Crippen molar-refractivity contribution in [1.29, 1.82) is 0 Å². The number of nitrogens with zero attached hydrogens (tertiary/aromatic N) is 3. The van der Waals surface area contributed by atoms with E-state index in [0.29, 0.717) is 51.6 Å². The maximum absolute atomic E-state index is 13.3. The Kier molecular flexibility index (Phi) is 21.1. The Morgan fingerprint density at radius 2 is 1.19 bits per heavy atom. The maximum Gasteiger partial charge on any atom is 0.336 e. The molecule has 0 fully saturated rings. The van der Waals surface area contributed by atoms with Crippen molar-refractivity contribution in [3.63, 3.8) is 0 Å². The highest BCUT2D eigenvalue weighted by molar-refractivity contribution is 7.89. The molecular weight excluding hydrogens is 1160 g/mol. The van der Waals surface area contributed by atoms with Crippen LogP contribution in [0, 0.1) is 0 Å². The number of phosphoric ester groups is 2. The molecule has 448 valence electrons. The number of anilines is 2. The smallest absolute Gasteiger partial charge is 0.336 e. The van der Waals surface area contributed by atoms with Crippen LogP contribution in [-0.2, 0) is 41.6 Å². The minimum atomic E-state index is -4.90. The van der Waals surface area contributed by atoms with Gasteiger partial charge in [0, 0.05) is 124 Å². The molecule has 3 amide bonds. The number of carboxylic acid groups (broad SMARTS) is 1. The zero-order valence-electron chi connectivity index (χ0n) is 47.2. The van der Waals surface area contributed by atoms with E-state index in [-0.39, 0.29) is 78.4 Å². The third kappa shape index (κ3) is 17.8. The standard InChI is InChI=1S/C36H37N4O9P.C23H28N3O7PS/c1-39(2)24-9-14-28-31(20-24)48-32-21-25(40(3)4)10-15-29(32)34(28)30-19-23(8-13-27(30)36(43)44)35(42)38-18-17-37-33(41)16-7-22-5-11-26(12-6-22)49-50(45,46)47;1-26(2)21-7-3-6-20-19(21)5-4-8-22(20)35(31,32)25-16-15-24-23(27)14-11-17-9-12-18(13-10-17)33-34(28,29)30/h5-6,8-15,19-21H,7,16-18H2,1-4H3,(H4-,37,38,41,42,43,44,45,46,47);3-10,12-13,25H,11,14-16H2,1-2H3,(H,24,27)(H2,28,29,30)/p-1.